The molecule has 0 saturated carbocycles. The molecule has 0 radical (unpaired) electrons. The van der Waals surface area contributed by atoms with Crippen molar-refractivity contribution in [2.24, 2.45) is 0 Å². The van der Waals surface area contributed by atoms with E-state index in [0.29, 0.717) is 6.07 Å². The number of nitriles is 1. The van der Waals surface area contributed by atoms with Gasteiger partial charge in [0.1, 0.15) is 6.07 Å². The van der Waals surface area contributed by atoms with Gasteiger partial charge in [0, 0.05) is 18.7 Å². The second-order valence-electron chi connectivity index (χ2n) is 6.51. The molecule has 1 aliphatic heterocycles. The Balaban J connectivity index is 2.02. The first-order valence-corrected chi connectivity index (χ1v) is 9.13. The molecule has 0 unspecified atom stereocenters. The van der Waals surface area contributed by atoms with Gasteiger partial charge in [-0.25, -0.2) is 4.98 Å². The normalized spacial score (nSPS) is 15.6. The third-order valence-corrected chi connectivity index (χ3v) is 4.90. The van der Waals surface area contributed by atoms with Gasteiger partial charge in [0.2, 0.25) is 5.91 Å². The van der Waals surface area contributed by atoms with Gasteiger partial charge >= 0.3 is 12.4 Å². The molecule has 1 aromatic heterocycles. The third-order valence-electron chi connectivity index (χ3n) is 4.49. The molecule has 0 aliphatic carbocycles. The Morgan fingerprint density at radius 3 is 2.23 bits per heavy atom. The summed E-state index contributed by atoms with van der Waals surface area (Å²) < 4.78 is 78.4. The van der Waals surface area contributed by atoms with Crippen molar-refractivity contribution in [2.45, 2.75) is 25.2 Å². The molecule has 162 valence electrons. The van der Waals surface area contributed by atoms with E-state index in [9.17, 15) is 31.1 Å². The van der Waals surface area contributed by atoms with Crippen molar-refractivity contribution in [3.05, 3.63) is 53.3 Å². The Bertz CT molecular complexity index is 1060. The minimum Gasteiger partial charge on any atom is -0.318 e. The maximum Gasteiger partial charge on any atom is 0.419 e. The Morgan fingerprint density at radius 2 is 1.68 bits per heavy atom. The van der Waals surface area contributed by atoms with Gasteiger partial charge in [0.15, 0.2) is 10.8 Å². The maximum atomic E-state index is 13.3. The topological polar surface area (TPSA) is 60.2 Å². The van der Waals surface area contributed by atoms with Crippen molar-refractivity contribution in [2.75, 3.05) is 16.3 Å². The van der Waals surface area contributed by atoms with Crippen molar-refractivity contribution in [3.8, 4) is 6.07 Å². The molecule has 0 N–H and O–H groups in total. The summed E-state index contributed by atoms with van der Waals surface area (Å²) in [6, 6.07) is 5.98. The zero-order valence-corrected chi connectivity index (χ0v) is 16.3. The number of hydrogen-bond donors (Lipinski definition) is 0. The number of aromatic nitrogens is 1. The van der Waals surface area contributed by atoms with Crippen LogP contribution in [0, 0.1) is 11.3 Å². The highest BCUT2D eigenvalue weighted by molar-refractivity contribution is 7.81. The van der Waals surface area contributed by atoms with E-state index in [0.717, 1.165) is 23.2 Å². The van der Waals surface area contributed by atoms with E-state index in [-0.39, 0.29) is 35.9 Å². The average molecular weight is 458 g/mol. The lowest BCUT2D eigenvalue weighted by molar-refractivity contribution is -0.138. The molecule has 0 bridgehead atoms. The fourth-order valence-corrected chi connectivity index (χ4v) is 3.43. The number of alkyl halides is 6. The first-order valence-electron chi connectivity index (χ1n) is 8.72. The lowest BCUT2D eigenvalue weighted by Crippen LogP contribution is -2.44. The van der Waals surface area contributed by atoms with E-state index in [1.807, 2.05) is 0 Å². The van der Waals surface area contributed by atoms with Gasteiger partial charge in [-0.05, 0) is 49.0 Å². The second-order valence-corrected chi connectivity index (χ2v) is 6.88. The second kappa shape index (κ2) is 8.14. The van der Waals surface area contributed by atoms with Crippen LogP contribution in [0.25, 0.3) is 0 Å². The van der Waals surface area contributed by atoms with Gasteiger partial charge in [-0.1, -0.05) is 0 Å². The van der Waals surface area contributed by atoms with E-state index in [4.69, 9.17) is 17.5 Å². The molecule has 31 heavy (non-hydrogen) atoms. The summed E-state index contributed by atoms with van der Waals surface area (Å²) >= 11 is 5.32. The fraction of sp³-hybridized carbons (Fsp3) is 0.263. The van der Waals surface area contributed by atoms with E-state index < -0.39 is 35.1 Å². The first kappa shape index (κ1) is 22.5. The van der Waals surface area contributed by atoms with Crippen LogP contribution < -0.4 is 9.80 Å². The largest absolute Gasteiger partial charge is 0.419 e. The number of halogens is 6. The number of nitrogens with zero attached hydrogens (tertiary/aromatic N) is 4. The Morgan fingerprint density at radius 1 is 1.03 bits per heavy atom. The summed E-state index contributed by atoms with van der Waals surface area (Å²) in [5.74, 6) is -0.598. The number of carbonyl (C=O) groups excluding carboxylic acids is 1. The highest BCUT2D eigenvalue weighted by atomic mass is 32.1. The van der Waals surface area contributed by atoms with E-state index >= 15 is 0 Å². The monoisotopic (exact) mass is 458 g/mol. The van der Waals surface area contributed by atoms with Crippen LogP contribution in [0.4, 0.5) is 37.7 Å². The van der Waals surface area contributed by atoms with Crippen molar-refractivity contribution >= 4 is 34.6 Å². The number of pyridine rings is 1. The van der Waals surface area contributed by atoms with E-state index in [2.05, 4.69) is 4.98 Å². The Labute approximate surface area is 177 Å². The first-order chi connectivity index (χ1) is 14.4. The smallest absolute Gasteiger partial charge is 0.318 e. The zero-order valence-electron chi connectivity index (χ0n) is 15.5. The number of benzene rings is 1. The van der Waals surface area contributed by atoms with Crippen LogP contribution in [0.3, 0.4) is 0 Å². The summed E-state index contributed by atoms with van der Waals surface area (Å²) in [5, 5.41) is 8.69. The number of amides is 1. The van der Waals surface area contributed by atoms with E-state index in [1.165, 1.54) is 23.1 Å². The van der Waals surface area contributed by atoms with Gasteiger partial charge in [-0.2, -0.15) is 31.6 Å². The summed E-state index contributed by atoms with van der Waals surface area (Å²) in [7, 11) is 0. The standard InChI is InChI=1S/C19H12F6N4OS/c20-18(21,22)11-3-5-12(6-4-11)28-7-1-2-16(30)29(17(28)31)13-8-14(19(23,24)25)15(9-26)27-10-13/h3-6,8,10H,1-2,7H2. The maximum absolute atomic E-state index is 13.3. The summed E-state index contributed by atoms with van der Waals surface area (Å²) in [4.78, 5) is 18.3. The quantitative estimate of drug-likeness (QED) is 0.473. The molecule has 1 fully saturated rings. The molecule has 0 atom stereocenters. The molecule has 1 aliphatic rings. The fourth-order valence-electron chi connectivity index (χ4n) is 3.03. The predicted octanol–water partition coefficient (Wildman–Crippen LogP) is 4.91. The van der Waals surface area contributed by atoms with Gasteiger partial charge in [0.05, 0.1) is 23.0 Å². The lowest BCUT2D eigenvalue weighted by atomic mass is 10.1. The van der Waals surface area contributed by atoms with Crippen molar-refractivity contribution in [1.82, 2.24) is 4.98 Å². The summed E-state index contributed by atoms with van der Waals surface area (Å²) in [6.07, 6.45) is -8.29. The van der Waals surface area contributed by atoms with Crippen LogP contribution in [0.1, 0.15) is 29.7 Å². The van der Waals surface area contributed by atoms with Crippen LogP contribution in [0.5, 0.6) is 0 Å². The number of carbonyl (C=O) groups is 1. The molecule has 1 amide bonds. The molecule has 0 spiro atoms. The van der Waals surface area contributed by atoms with Crippen molar-refractivity contribution in [1.29, 1.82) is 5.26 Å². The number of rotatable bonds is 2. The van der Waals surface area contributed by atoms with Gasteiger partial charge in [0.25, 0.3) is 0 Å². The molecule has 1 aromatic carbocycles. The Hall–Kier alpha value is -3.20. The van der Waals surface area contributed by atoms with Crippen LogP contribution in [0.15, 0.2) is 36.5 Å². The summed E-state index contributed by atoms with van der Waals surface area (Å²) in [5.41, 5.74) is -3.11. The molecule has 2 aromatic rings. The SMILES string of the molecule is N#Cc1ncc(N2C(=O)CCCN(c3ccc(C(F)(F)F)cc3)C2=S)cc1C(F)(F)F. The van der Waals surface area contributed by atoms with Gasteiger partial charge in [-0.3, -0.25) is 9.69 Å². The van der Waals surface area contributed by atoms with Crippen LogP contribution in [-0.4, -0.2) is 22.5 Å². The molecule has 1 saturated heterocycles. The molecule has 12 heteroatoms. The van der Waals surface area contributed by atoms with Crippen molar-refractivity contribution < 1.29 is 31.1 Å². The number of hydrogen-bond acceptors (Lipinski definition) is 4. The van der Waals surface area contributed by atoms with Gasteiger partial charge in [-0.15, -0.1) is 0 Å². The van der Waals surface area contributed by atoms with Crippen molar-refractivity contribution in [3.63, 3.8) is 0 Å². The van der Waals surface area contributed by atoms with Crippen LogP contribution in [0.2, 0.25) is 0 Å². The highest BCUT2D eigenvalue weighted by Crippen LogP contribution is 2.35. The predicted molar refractivity (Wildman–Crippen MR) is 102 cm³/mol. The molecular formula is C19H12F6N4OS. The highest BCUT2D eigenvalue weighted by Gasteiger charge is 2.37. The van der Waals surface area contributed by atoms with Crippen LogP contribution in [-0.2, 0) is 17.1 Å². The minimum atomic E-state index is -4.89. The lowest BCUT2D eigenvalue weighted by Gasteiger charge is -2.30. The number of anilines is 2. The minimum absolute atomic E-state index is 0.0569. The molecule has 5 nitrogen and oxygen atoms in total. The third kappa shape index (κ3) is 4.61. The molecular weight excluding hydrogens is 446 g/mol. The van der Waals surface area contributed by atoms with Crippen LogP contribution >= 0.6 is 12.2 Å². The molecule has 3 rings (SSSR count). The Kier molecular flexibility index (Phi) is 5.91. The average Bonchev–Trinajstić information content (AvgIpc) is 2.84. The zero-order chi connectivity index (χ0) is 23.0. The molecule has 2 heterocycles. The number of thiocarbonyl (C=S) groups is 1. The van der Waals surface area contributed by atoms with Gasteiger partial charge < -0.3 is 4.90 Å². The summed E-state index contributed by atoms with van der Waals surface area (Å²) in [6.45, 7) is 0.169. The van der Waals surface area contributed by atoms with E-state index in [1.54, 1.807) is 0 Å².